The molecule has 2 aromatic carbocycles. The molecule has 0 heterocycles. The van der Waals surface area contributed by atoms with Gasteiger partial charge in [-0.05, 0) is 49.2 Å². The Morgan fingerprint density at radius 1 is 1.05 bits per heavy atom. The fourth-order valence-electron chi connectivity index (χ4n) is 1.91. The minimum atomic E-state index is -3.77. The smallest absolute Gasteiger partial charge is 0.263 e. The average Bonchev–Trinajstić information content (AvgIpc) is 2.40. The van der Waals surface area contributed by atoms with Crippen molar-refractivity contribution in [3.63, 3.8) is 0 Å². The van der Waals surface area contributed by atoms with Crippen LogP contribution >= 0.6 is 11.6 Å². The van der Waals surface area contributed by atoms with Gasteiger partial charge >= 0.3 is 0 Å². The lowest BCUT2D eigenvalue weighted by atomic mass is 10.2. The Hall–Kier alpha value is -1.72. The summed E-state index contributed by atoms with van der Waals surface area (Å²) in [6.07, 6.45) is 0. The lowest BCUT2D eigenvalue weighted by Gasteiger charge is -2.13. The van der Waals surface area contributed by atoms with Crippen LogP contribution in [0.5, 0.6) is 5.75 Å². The van der Waals surface area contributed by atoms with E-state index < -0.39 is 10.0 Å². The Morgan fingerprint density at radius 2 is 1.67 bits per heavy atom. The zero-order valence-corrected chi connectivity index (χ0v) is 13.5. The largest absolute Gasteiger partial charge is 0.495 e. The van der Waals surface area contributed by atoms with Crippen molar-refractivity contribution in [2.24, 2.45) is 0 Å². The minimum Gasteiger partial charge on any atom is -0.495 e. The van der Waals surface area contributed by atoms with Gasteiger partial charge in [-0.3, -0.25) is 4.72 Å². The summed E-state index contributed by atoms with van der Waals surface area (Å²) in [4.78, 5) is 0.0393. The quantitative estimate of drug-likeness (QED) is 0.931. The Kier molecular flexibility index (Phi) is 4.44. The number of anilines is 1. The van der Waals surface area contributed by atoms with Gasteiger partial charge in [-0.25, -0.2) is 8.42 Å². The lowest BCUT2D eigenvalue weighted by Crippen LogP contribution is -2.14. The van der Waals surface area contributed by atoms with Gasteiger partial charge in [0, 0.05) is 0 Å². The van der Waals surface area contributed by atoms with E-state index in [1.165, 1.54) is 13.2 Å². The molecule has 0 aliphatic rings. The van der Waals surface area contributed by atoms with E-state index in [2.05, 4.69) is 4.72 Å². The second-order valence-corrected chi connectivity index (χ2v) is 6.80. The number of rotatable bonds is 4. The third-order valence-electron chi connectivity index (χ3n) is 2.98. The molecule has 0 atom stereocenters. The summed E-state index contributed by atoms with van der Waals surface area (Å²) in [5, 5.41) is 0.188. The summed E-state index contributed by atoms with van der Waals surface area (Å²) in [6.45, 7) is 3.75. The number of hydrogen-bond acceptors (Lipinski definition) is 3. The maximum absolute atomic E-state index is 12.4. The highest BCUT2D eigenvalue weighted by Crippen LogP contribution is 2.30. The molecule has 0 spiro atoms. The Morgan fingerprint density at radius 3 is 2.29 bits per heavy atom. The van der Waals surface area contributed by atoms with Crippen LogP contribution in [-0.4, -0.2) is 15.5 Å². The van der Waals surface area contributed by atoms with Crippen LogP contribution in [0.2, 0.25) is 5.02 Å². The number of hydrogen-bond donors (Lipinski definition) is 1. The first-order valence-corrected chi connectivity index (χ1v) is 8.13. The van der Waals surface area contributed by atoms with Crippen molar-refractivity contribution in [3.8, 4) is 5.75 Å². The monoisotopic (exact) mass is 325 g/mol. The van der Waals surface area contributed by atoms with Crippen molar-refractivity contribution in [3.05, 3.63) is 52.5 Å². The van der Waals surface area contributed by atoms with Gasteiger partial charge in [-0.15, -0.1) is 0 Å². The van der Waals surface area contributed by atoms with Crippen molar-refractivity contribution in [1.82, 2.24) is 0 Å². The minimum absolute atomic E-state index is 0.0393. The van der Waals surface area contributed by atoms with Crippen LogP contribution in [0.15, 0.2) is 41.3 Å². The molecule has 1 N–H and O–H groups in total. The van der Waals surface area contributed by atoms with Gasteiger partial charge in [0.05, 0.1) is 17.8 Å². The van der Waals surface area contributed by atoms with E-state index in [1.807, 2.05) is 13.8 Å². The maximum Gasteiger partial charge on any atom is 0.263 e. The molecule has 21 heavy (non-hydrogen) atoms. The standard InChI is InChI=1S/C15H16ClNO3S/c1-10-5-7-15(12(16)8-10)21(18,19)17-13-6-4-11(2)9-14(13)20-3/h4-9,17H,1-3H3. The highest BCUT2D eigenvalue weighted by molar-refractivity contribution is 7.92. The highest BCUT2D eigenvalue weighted by atomic mass is 35.5. The third-order valence-corrected chi connectivity index (χ3v) is 4.83. The molecule has 0 aromatic heterocycles. The first kappa shape index (κ1) is 15.7. The van der Waals surface area contributed by atoms with E-state index >= 15 is 0 Å². The summed E-state index contributed by atoms with van der Waals surface area (Å²) in [5.41, 5.74) is 2.25. The molecule has 0 amide bonds. The molecule has 2 aromatic rings. The Bertz CT molecular complexity index is 772. The van der Waals surface area contributed by atoms with E-state index in [1.54, 1.807) is 30.3 Å². The molecular formula is C15H16ClNO3S. The van der Waals surface area contributed by atoms with Gasteiger partial charge in [0.25, 0.3) is 10.0 Å². The zero-order valence-electron chi connectivity index (χ0n) is 12.0. The van der Waals surface area contributed by atoms with Crippen molar-refractivity contribution in [2.75, 3.05) is 11.8 Å². The van der Waals surface area contributed by atoms with E-state index in [9.17, 15) is 8.42 Å². The average molecular weight is 326 g/mol. The summed E-state index contributed by atoms with van der Waals surface area (Å²) in [5.74, 6) is 0.460. The second-order valence-electron chi connectivity index (χ2n) is 4.74. The first-order chi connectivity index (χ1) is 9.83. The van der Waals surface area contributed by atoms with E-state index in [0.717, 1.165) is 11.1 Å². The number of methoxy groups -OCH3 is 1. The molecular weight excluding hydrogens is 310 g/mol. The summed E-state index contributed by atoms with van der Waals surface area (Å²) >= 11 is 6.03. The number of sulfonamides is 1. The molecule has 0 saturated carbocycles. The summed E-state index contributed by atoms with van der Waals surface area (Å²) in [7, 11) is -2.28. The SMILES string of the molecule is COc1cc(C)ccc1NS(=O)(=O)c1ccc(C)cc1Cl. The maximum atomic E-state index is 12.4. The molecule has 2 rings (SSSR count). The van der Waals surface area contributed by atoms with E-state index in [4.69, 9.17) is 16.3 Å². The van der Waals surface area contributed by atoms with Gasteiger partial charge in [0.15, 0.2) is 0 Å². The molecule has 0 aliphatic heterocycles. The molecule has 4 nitrogen and oxygen atoms in total. The third kappa shape index (κ3) is 3.49. The molecule has 0 saturated heterocycles. The Labute approximate surface area is 129 Å². The van der Waals surface area contributed by atoms with Gasteiger partial charge in [0.2, 0.25) is 0 Å². The number of aryl methyl sites for hydroxylation is 2. The predicted molar refractivity (Wildman–Crippen MR) is 84.7 cm³/mol. The number of halogens is 1. The van der Waals surface area contributed by atoms with Gasteiger partial charge < -0.3 is 4.74 Å². The number of benzene rings is 2. The van der Waals surface area contributed by atoms with Crippen LogP contribution in [-0.2, 0) is 10.0 Å². The molecule has 0 radical (unpaired) electrons. The van der Waals surface area contributed by atoms with E-state index in [0.29, 0.717) is 11.4 Å². The van der Waals surface area contributed by atoms with Crippen molar-refractivity contribution in [2.45, 2.75) is 18.7 Å². The lowest BCUT2D eigenvalue weighted by molar-refractivity contribution is 0.416. The van der Waals surface area contributed by atoms with Crippen LogP contribution < -0.4 is 9.46 Å². The molecule has 0 bridgehead atoms. The summed E-state index contributed by atoms with van der Waals surface area (Å²) in [6, 6.07) is 10.0. The summed E-state index contributed by atoms with van der Waals surface area (Å²) < 4.78 is 32.6. The van der Waals surface area contributed by atoms with Crippen LogP contribution in [0.4, 0.5) is 5.69 Å². The number of nitrogens with one attached hydrogen (secondary N) is 1. The second kappa shape index (κ2) is 5.95. The highest BCUT2D eigenvalue weighted by Gasteiger charge is 2.19. The number of ether oxygens (including phenoxy) is 1. The molecule has 6 heteroatoms. The van der Waals surface area contributed by atoms with Crippen LogP contribution in [0.3, 0.4) is 0 Å². The zero-order chi connectivity index (χ0) is 15.6. The van der Waals surface area contributed by atoms with E-state index in [-0.39, 0.29) is 9.92 Å². The topological polar surface area (TPSA) is 55.4 Å². The first-order valence-electron chi connectivity index (χ1n) is 6.27. The van der Waals surface area contributed by atoms with Gasteiger partial charge in [0.1, 0.15) is 10.6 Å². The molecule has 0 aliphatic carbocycles. The molecule has 0 unspecified atom stereocenters. The van der Waals surface area contributed by atoms with Crippen LogP contribution in [0.1, 0.15) is 11.1 Å². The van der Waals surface area contributed by atoms with Crippen molar-refractivity contribution >= 4 is 27.3 Å². The van der Waals surface area contributed by atoms with Crippen molar-refractivity contribution in [1.29, 1.82) is 0 Å². The van der Waals surface area contributed by atoms with Crippen LogP contribution in [0, 0.1) is 13.8 Å². The van der Waals surface area contributed by atoms with Crippen LogP contribution in [0.25, 0.3) is 0 Å². The van der Waals surface area contributed by atoms with Crippen molar-refractivity contribution < 1.29 is 13.2 Å². The molecule has 0 fully saturated rings. The van der Waals surface area contributed by atoms with Gasteiger partial charge in [-0.1, -0.05) is 23.7 Å². The predicted octanol–water partition coefficient (Wildman–Crippen LogP) is 3.77. The fraction of sp³-hybridized carbons (Fsp3) is 0.200. The van der Waals surface area contributed by atoms with Gasteiger partial charge in [-0.2, -0.15) is 0 Å². The Balaban J connectivity index is 2.42. The molecule has 112 valence electrons. The normalized spacial score (nSPS) is 11.2. The fourth-order valence-corrected chi connectivity index (χ4v) is 3.58.